The lowest BCUT2D eigenvalue weighted by Crippen LogP contribution is -2.35. The zero-order valence-corrected chi connectivity index (χ0v) is 11.0. The minimum Gasteiger partial charge on any atom is -0.491 e. The van der Waals surface area contributed by atoms with E-state index >= 15 is 0 Å². The Morgan fingerprint density at radius 3 is 2.20 bits per heavy atom. The second kappa shape index (κ2) is 5.66. The van der Waals surface area contributed by atoms with E-state index in [4.69, 9.17) is 9.47 Å². The van der Waals surface area contributed by atoms with E-state index in [1.165, 1.54) is 0 Å². The summed E-state index contributed by atoms with van der Waals surface area (Å²) in [4.78, 5) is 0. The summed E-state index contributed by atoms with van der Waals surface area (Å²) in [6.07, 6.45) is 0. The van der Waals surface area contributed by atoms with Gasteiger partial charge in [0, 0.05) is 4.47 Å². The van der Waals surface area contributed by atoms with Crippen molar-refractivity contribution in [3.63, 3.8) is 0 Å². The summed E-state index contributed by atoms with van der Waals surface area (Å²) in [5.74, 6) is 0.871. The van der Waals surface area contributed by atoms with Crippen molar-refractivity contribution in [1.82, 2.24) is 0 Å². The van der Waals surface area contributed by atoms with Gasteiger partial charge in [0.25, 0.3) is 0 Å². The van der Waals surface area contributed by atoms with Gasteiger partial charge in [0.2, 0.25) is 0 Å². The predicted octanol–water partition coefficient (Wildman–Crippen LogP) is -0.645. The number of hydrogen-bond donors (Lipinski definition) is 0. The molecule has 15 heavy (non-hydrogen) atoms. The average Bonchev–Trinajstić information content (AvgIpc) is 2.14. The zero-order valence-electron chi connectivity index (χ0n) is 9.42. The number of rotatable bonds is 5. The van der Waals surface area contributed by atoms with Gasteiger partial charge in [-0.3, -0.25) is 0 Å². The maximum atomic E-state index is 5.54. The summed E-state index contributed by atoms with van der Waals surface area (Å²) in [7, 11) is 6.10. The second-order valence-electron chi connectivity index (χ2n) is 4.26. The highest BCUT2D eigenvalue weighted by atomic mass is 79.9. The van der Waals surface area contributed by atoms with E-state index in [9.17, 15) is 0 Å². The minimum absolute atomic E-state index is 0.0942. The van der Waals surface area contributed by atoms with Crippen LogP contribution in [0.3, 0.4) is 0 Å². The van der Waals surface area contributed by atoms with Crippen LogP contribution in [0.2, 0.25) is 0 Å². The summed E-state index contributed by atoms with van der Waals surface area (Å²) in [6, 6.07) is 7.78. The number of benzene rings is 1. The lowest BCUT2D eigenvalue weighted by molar-refractivity contribution is 0.0949. The highest BCUT2D eigenvalue weighted by Crippen LogP contribution is 2.15. The van der Waals surface area contributed by atoms with Crippen LogP contribution in [0.25, 0.3) is 0 Å². The fourth-order valence-corrected chi connectivity index (χ4v) is 1.30. The molecule has 0 saturated heterocycles. The van der Waals surface area contributed by atoms with E-state index in [-0.39, 0.29) is 5.30 Å². The van der Waals surface area contributed by atoms with Crippen LogP contribution in [0.4, 0.5) is 0 Å². The van der Waals surface area contributed by atoms with Crippen LogP contribution in [0.5, 0.6) is 5.75 Å². The molecule has 0 radical (unpaired) electrons. The Bertz CT molecular complexity index is 297. The van der Waals surface area contributed by atoms with Gasteiger partial charge in [-0.25, -0.2) is 0 Å². The van der Waals surface area contributed by atoms with Crippen molar-refractivity contribution in [3.05, 3.63) is 28.7 Å². The number of halogens is 1. The molecule has 1 rings (SSSR count). The molecule has 0 heterocycles. The molecular weight excluding hydrogens is 252 g/mol. The van der Waals surface area contributed by atoms with Crippen LogP contribution in [0.1, 0.15) is 0 Å². The van der Waals surface area contributed by atoms with E-state index in [1.807, 2.05) is 47.8 Å². The largest absolute Gasteiger partial charge is 0.491 e. The van der Waals surface area contributed by atoms with Gasteiger partial charge in [0.15, 0.2) is 0 Å². The summed E-state index contributed by atoms with van der Waals surface area (Å²) in [5, 5.41) is -0.0942. The van der Waals surface area contributed by atoms with Crippen molar-refractivity contribution in [3.8, 4) is 5.75 Å². The number of hydrogen-bond acceptors (Lipinski definition) is 2. The Kier molecular flexibility index (Phi) is 4.80. The van der Waals surface area contributed by atoms with Gasteiger partial charge in [-0.05, 0) is 29.6 Å². The van der Waals surface area contributed by atoms with Crippen LogP contribution in [-0.2, 0) is 4.74 Å². The Labute approximate surface area is 102 Å². The van der Waals surface area contributed by atoms with Crippen LogP contribution in [0.15, 0.2) is 28.7 Å². The van der Waals surface area contributed by atoms with Gasteiger partial charge in [0.1, 0.15) is 35.9 Å². The maximum absolute atomic E-state index is 5.54. The molecule has 0 N–H and O–H groups in total. The van der Waals surface area contributed by atoms with Crippen molar-refractivity contribution in [2.24, 2.45) is 0 Å². The molecule has 1 aromatic rings. The molecule has 0 aromatic heterocycles. The topological polar surface area (TPSA) is 18.5 Å². The molecule has 0 fully saturated rings. The molecule has 2 nitrogen and oxygen atoms in total. The first kappa shape index (κ1) is 12.7. The average molecular weight is 267 g/mol. The summed E-state index contributed by atoms with van der Waals surface area (Å²) >= 11 is 3.37. The SMILES string of the molecule is BC(B)(B)OCCOc1ccc(Br)cc1. The third-order valence-electron chi connectivity index (χ3n) is 1.70. The summed E-state index contributed by atoms with van der Waals surface area (Å²) < 4.78 is 12.1. The Hall–Kier alpha value is -0.345. The van der Waals surface area contributed by atoms with Gasteiger partial charge in [-0.2, -0.15) is 0 Å². The molecule has 0 atom stereocenters. The molecule has 0 aliphatic rings. The van der Waals surface area contributed by atoms with E-state index in [1.54, 1.807) is 0 Å². The maximum Gasteiger partial charge on any atom is 0.121 e. The predicted molar refractivity (Wildman–Crippen MR) is 74.0 cm³/mol. The summed E-state index contributed by atoms with van der Waals surface area (Å²) in [5.41, 5.74) is 0. The molecule has 0 amide bonds. The van der Waals surface area contributed by atoms with Crippen molar-refractivity contribution in [2.75, 3.05) is 13.2 Å². The highest BCUT2D eigenvalue weighted by Gasteiger charge is 2.09. The molecule has 0 unspecified atom stereocenters. The van der Waals surface area contributed by atoms with Crippen molar-refractivity contribution < 1.29 is 9.47 Å². The number of ether oxygens (including phenoxy) is 2. The fraction of sp³-hybridized carbons (Fsp3) is 0.333. The van der Waals surface area contributed by atoms with Gasteiger partial charge >= 0.3 is 0 Å². The minimum atomic E-state index is -0.0942. The van der Waals surface area contributed by atoms with Gasteiger partial charge < -0.3 is 9.47 Å². The molecule has 6 heteroatoms. The first-order valence-corrected chi connectivity index (χ1v) is 5.79. The molecule has 78 valence electrons. The van der Waals surface area contributed by atoms with E-state index in [0.29, 0.717) is 13.2 Å². The molecule has 0 aliphatic carbocycles. The Morgan fingerprint density at radius 2 is 1.67 bits per heavy atom. The third kappa shape index (κ3) is 5.95. The van der Waals surface area contributed by atoms with Crippen LogP contribution in [0, 0.1) is 0 Å². The molecule has 0 aliphatic heterocycles. The Balaban J connectivity index is 2.23. The van der Waals surface area contributed by atoms with Gasteiger partial charge in [-0.1, -0.05) is 15.9 Å². The monoisotopic (exact) mass is 266 g/mol. The van der Waals surface area contributed by atoms with Gasteiger partial charge in [0.05, 0.1) is 6.61 Å². The second-order valence-corrected chi connectivity index (χ2v) is 5.18. The fourth-order valence-electron chi connectivity index (χ4n) is 1.04. The van der Waals surface area contributed by atoms with E-state index < -0.39 is 0 Å². The first-order chi connectivity index (χ1) is 6.97. The third-order valence-corrected chi connectivity index (χ3v) is 2.23. The van der Waals surface area contributed by atoms with Crippen molar-refractivity contribution >= 4 is 39.5 Å². The quantitative estimate of drug-likeness (QED) is 0.521. The molecule has 0 bridgehead atoms. The lowest BCUT2D eigenvalue weighted by atomic mass is 9.52. The van der Waals surface area contributed by atoms with E-state index in [0.717, 1.165) is 10.2 Å². The smallest absolute Gasteiger partial charge is 0.121 e. The van der Waals surface area contributed by atoms with Gasteiger partial charge in [-0.15, -0.1) is 0 Å². The standard InChI is InChI=1S/C9H14B3BrO2/c10-9(11,12)15-6-5-14-8-3-1-7(13)2-4-8/h1-4H,5-6,10-12H2. The first-order valence-electron chi connectivity index (χ1n) is 5.00. The molecule has 0 saturated carbocycles. The summed E-state index contributed by atoms with van der Waals surface area (Å²) in [6.45, 7) is 1.19. The van der Waals surface area contributed by atoms with Crippen LogP contribution >= 0.6 is 15.9 Å². The Morgan fingerprint density at radius 1 is 1.07 bits per heavy atom. The highest BCUT2D eigenvalue weighted by molar-refractivity contribution is 9.10. The lowest BCUT2D eigenvalue weighted by Gasteiger charge is -2.19. The van der Waals surface area contributed by atoms with Crippen molar-refractivity contribution in [1.29, 1.82) is 0 Å². The zero-order chi connectivity index (χ0) is 11.3. The molecule has 0 spiro atoms. The van der Waals surface area contributed by atoms with Crippen LogP contribution in [-0.4, -0.2) is 42.1 Å². The van der Waals surface area contributed by atoms with E-state index in [2.05, 4.69) is 15.9 Å². The van der Waals surface area contributed by atoms with Crippen molar-refractivity contribution in [2.45, 2.75) is 5.30 Å². The normalized spacial score (nSPS) is 11.3. The molecular formula is C9H14B3BrO2. The molecule has 1 aromatic carbocycles. The van der Waals surface area contributed by atoms with Crippen LogP contribution < -0.4 is 4.74 Å².